The first kappa shape index (κ1) is 21.2. The lowest BCUT2D eigenvalue weighted by Crippen LogP contribution is -2.46. The Balaban J connectivity index is 1.77. The van der Waals surface area contributed by atoms with Crippen LogP contribution in [0.25, 0.3) is 0 Å². The molecule has 1 N–H and O–H groups in total. The molecule has 0 bridgehead atoms. The van der Waals surface area contributed by atoms with Gasteiger partial charge in [0, 0.05) is 19.6 Å². The zero-order valence-electron chi connectivity index (χ0n) is 16.3. The minimum Gasteiger partial charge on any atom is -0.493 e. The molecule has 1 aromatic carbocycles. The zero-order chi connectivity index (χ0) is 19.2. The van der Waals surface area contributed by atoms with Gasteiger partial charge in [-0.25, -0.2) is 13.1 Å². The number of sulfonamides is 1. The maximum atomic E-state index is 12.4. The molecule has 26 heavy (non-hydrogen) atoms. The van der Waals surface area contributed by atoms with E-state index in [0.717, 1.165) is 26.1 Å². The SMILES string of the molecule is CC(C)COc1ccc(S(=O)(=O)NCCCN2C[C@@H](C)O[C@H](C)C2)cc1. The summed E-state index contributed by atoms with van der Waals surface area (Å²) in [5.74, 6) is 1.12. The normalized spacial score (nSPS) is 21.9. The van der Waals surface area contributed by atoms with Crippen LogP contribution in [-0.2, 0) is 14.8 Å². The highest BCUT2D eigenvalue weighted by atomic mass is 32.2. The quantitative estimate of drug-likeness (QED) is 0.663. The summed E-state index contributed by atoms with van der Waals surface area (Å²) >= 11 is 0. The molecular weight excluding hydrogens is 352 g/mol. The highest BCUT2D eigenvalue weighted by Crippen LogP contribution is 2.17. The third kappa shape index (κ3) is 6.87. The number of rotatable bonds is 9. The van der Waals surface area contributed by atoms with Crippen molar-refractivity contribution in [2.45, 2.75) is 51.2 Å². The van der Waals surface area contributed by atoms with Crippen LogP contribution in [0.1, 0.15) is 34.1 Å². The van der Waals surface area contributed by atoms with Crippen molar-refractivity contribution in [3.05, 3.63) is 24.3 Å². The van der Waals surface area contributed by atoms with E-state index in [9.17, 15) is 8.42 Å². The van der Waals surface area contributed by atoms with E-state index in [2.05, 4.69) is 37.3 Å². The minimum absolute atomic E-state index is 0.229. The van der Waals surface area contributed by atoms with Crippen LogP contribution in [0.3, 0.4) is 0 Å². The Bertz CT molecular complexity index is 636. The Labute approximate surface area is 157 Å². The molecule has 2 atom stereocenters. The fraction of sp³-hybridized carbons (Fsp3) is 0.684. The van der Waals surface area contributed by atoms with Crippen LogP contribution < -0.4 is 9.46 Å². The maximum Gasteiger partial charge on any atom is 0.240 e. The van der Waals surface area contributed by atoms with Gasteiger partial charge in [0.05, 0.1) is 23.7 Å². The van der Waals surface area contributed by atoms with Crippen LogP contribution in [0.4, 0.5) is 0 Å². The molecule has 6 nitrogen and oxygen atoms in total. The van der Waals surface area contributed by atoms with E-state index in [4.69, 9.17) is 9.47 Å². The van der Waals surface area contributed by atoms with E-state index >= 15 is 0 Å². The average molecular weight is 385 g/mol. The standard InChI is InChI=1S/C19H32N2O4S/c1-15(2)14-24-18-6-8-19(9-7-18)26(22,23)20-10-5-11-21-12-16(3)25-17(4)13-21/h6-9,15-17,20H,5,10-14H2,1-4H3/t16-,17-/m1/s1. The van der Waals surface area contributed by atoms with E-state index in [1.54, 1.807) is 24.3 Å². The van der Waals surface area contributed by atoms with Crippen LogP contribution in [0.5, 0.6) is 5.75 Å². The molecule has 0 unspecified atom stereocenters. The van der Waals surface area contributed by atoms with Gasteiger partial charge in [0.1, 0.15) is 5.75 Å². The maximum absolute atomic E-state index is 12.4. The average Bonchev–Trinajstić information content (AvgIpc) is 2.56. The number of benzene rings is 1. The molecule has 1 heterocycles. The molecule has 1 aromatic rings. The largest absolute Gasteiger partial charge is 0.493 e. The summed E-state index contributed by atoms with van der Waals surface area (Å²) in [7, 11) is -3.48. The molecule has 0 aliphatic carbocycles. The number of nitrogens with zero attached hydrogens (tertiary/aromatic N) is 1. The smallest absolute Gasteiger partial charge is 0.240 e. The molecule has 0 spiro atoms. The molecule has 0 amide bonds. The number of morpholine rings is 1. The minimum atomic E-state index is -3.48. The lowest BCUT2D eigenvalue weighted by Gasteiger charge is -2.35. The van der Waals surface area contributed by atoms with Gasteiger partial charge in [0.25, 0.3) is 0 Å². The highest BCUT2D eigenvalue weighted by Gasteiger charge is 2.21. The van der Waals surface area contributed by atoms with Crippen molar-refractivity contribution in [3.8, 4) is 5.75 Å². The number of hydrogen-bond acceptors (Lipinski definition) is 5. The van der Waals surface area contributed by atoms with Gasteiger partial charge in [-0.1, -0.05) is 13.8 Å². The molecule has 0 aromatic heterocycles. The molecule has 148 valence electrons. The topological polar surface area (TPSA) is 67.9 Å². The number of ether oxygens (including phenoxy) is 2. The van der Waals surface area contributed by atoms with E-state index in [1.165, 1.54) is 0 Å². The molecule has 1 aliphatic rings. The molecule has 2 rings (SSSR count). The second-order valence-corrected chi connectivity index (χ2v) is 9.21. The molecular formula is C19H32N2O4S. The lowest BCUT2D eigenvalue weighted by atomic mass is 10.2. The summed E-state index contributed by atoms with van der Waals surface area (Å²) in [5.41, 5.74) is 0. The van der Waals surface area contributed by atoms with E-state index in [-0.39, 0.29) is 17.1 Å². The van der Waals surface area contributed by atoms with Crippen LogP contribution in [0.2, 0.25) is 0 Å². The summed E-state index contributed by atoms with van der Waals surface area (Å²) < 4.78 is 38.7. The summed E-state index contributed by atoms with van der Waals surface area (Å²) in [5, 5.41) is 0. The summed E-state index contributed by atoms with van der Waals surface area (Å²) in [6.07, 6.45) is 1.23. The van der Waals surface area contributed by atoms with Gasteiger partial charge >= 0.3 is 0 Å². The molecule has 7 heteroatoms. The third-order valence-corrected chi connectivity index (χ3v) is 5.63. The van der Waals surface area contributed by atoms with Gasteiger partial charge in [-0.2, -0.15) is 0 Å². The van der Waals surface area contributed by atoms with Crippen LogP contribution >= 0.6 is 0 Å². The number of hydrogen-bond donors (Lipinski definition) is 1. The Morgan fingerprint density at radius 2 is 1.81 bits per heavy atom. The summed E-state index contributed by atoms with van der Waals surface area (Å²) in [4.78, 5) is 2.59. The number of nitrogens with one attached hydrogen (secondary N) is 1. The summed E-state index contributed by atoms with van der Waals surface area (Å²) in [6, 6.07) is 6.58. The van der Waals surface area contributed by atoms with E-state index < -0.39 is 10.0 Å². The van der Waals surface area contributed by atoms with Gasteiger partial charge in [-0.3, -0.25) is 4.90 Å². The van der Waals surface area contributed by atoms with Crippen molar-refractivity contribution >= 4 is 10.0 Å². The monoisotopic (exact) mass is 384 g/mol. The van der Waals surface area contributed by atoms with Crippen molar-refractivity contribution in [1.29, 1.82) is 0 Å². The van der Waals surface area contributed by atoms with Gasteiger partial charge in [0.2, 0.25) is 10.0 Å². The molecule has 0 radical (unpaired) electrons. The van der Waals surface area contributed by atoms with Crippen molar-refractivity contribution in [1.82, 2.24) is 9.62 Å². The first-order valence-electron chi connectivity index (χ1n) is 9.36. The van der Waals surface area contributed by atoms with Crippen molar-refractivity contribution in [2.75, 3.05) is 32.8 Å². The Hall–Kier alpha value is -1.15. The van der Waals surface area contributed by atoms with Crippen LogP contribution in [0.15, 0.2) is 29.2 Å². The van der Waals surface area contributed by atoms with E-state index in [1.807, 2.05) is 0 Å². The predicted molar refractivity (Wildman–Crippen MR) is 103 cm³/mol. The molecule has 0 saturated carbocycles. The van der Waals surface area contributed by atoms with Crippen LogP contribution in [0, 0.1) is 5.92 Å². The molecule has 1 aliphatic heterocycles. The molecule has 1 saturated heterocycles. The first-order valence-corrected chi connectivity index (χ1v) is 10.8. The van der Waals surface area contributed by atoms with Crippen LogP contribution in [-0.4, -0.2) is 58.3 Å². The first-order chi connectivity index (χ1) is 12.3. The highest BCUT2D eigenvalue weighted by molar-refractivity contribution is 7.89. The molecule has 1 fully saturated rings. The van der Waals surface area contributed by atoms with Crippen molar-refractivity contribution in [2.24, 2.45) is 5.92 Å². The van der Waals surface area contributed by atoms with Crippen molar-refractivity contribution < 1.29 is 17.9 Å². The van der Waals surface area contributed by atoms with E-state index in [0.29, 0.717) is 24.8 Å². The van der Waals surface area contributed by atoms with Gasteiger partial charge in [-0.05, 0) is 57.0 Å². The fourth-order valence-electron chi connectivity index (χ4n) is 3.04. The second kappa shape index (κ2) is 9.69. The Kier molecular flexibility index (Phi) is 7.88. The fourth-order valence-corrected chi connectivity index (χ4v) is 4.11. The third-order valence-electron chi connectivity index (χ3n) is 4.16. The van der Waals surface area contributed by atoms with Crippen molar-refractivity contribution in [3.63, 3.8) is 0 Å². The lowest BCUT2D eigenvalue weighted by molar-refractivity contribution is -0.0679. The van der Waals surface area contributed by atoms with Gasteiger partial charge < -0.3 is 9.47 Å². The summed E-state index contributed by atoms with van der Waals surface area (Å²) in [6.45, 7) is 12.0. The zero-order valence-corrected chi connectivity index (χ0v) is 17.1. The second-order valence-electron chi connectivity index (χ2n) is 7.44. The van der Waals surface area contributed by atoms with Gasteiger partial charge in [-0.15, -0.1) is 0 Å². The Morgan fingerprint density at radius 1 is 1.19 bits per heavy atom. The Morgan fingerprint density at radius 3 is 2.38 bits per heavy atom. The predicted octanol–water partition coefficient (Wildman–Crippen LogP) is 2.50. The van der Waals surface area contributed by atoms with Gasteiger partial charge in [0.15, 0.2) is 0 Å².